The van der Waals surface area contributed by atoms with Crippen LogP contribution in [-0.2, 0) is 9.59 Å². The summed E-state index contributed by atoms with van der Waals surface area (Å²) in [4.78, 5) is 21.1. The van der Waals surface area contributed by atoms with Gasteiger partial charge in [0.15, 0.2) is 0 Å². The molecule has 6 heteroatoms. The molecule has 0 aliphatic rings. The Balaban J connectivity index is 3.11. The smallest absolute Gasteiger partial charge is 0.376 e. The lowest BCUT2D eigenvalue weighted by atomic mass is 10.2. The van der Waals surface area contributed by atoms with Crippen molar-refractivity contribution in [3.8, 4) is 0 Å². The maximum Gasteiger partial charge on any atom is 0.376 e. The SMILES string of the molecule is O=C(O)C(=O)/C=C/c1c(Cl)ccc(Cl)c1Cl. The van der Waals surface area contributed by atoms with Gasteiger partial charge >= 0.3 is 5.97 Å². The van der Waals surface area contributed by atoms with Gasteiger partial charge in [-0.3, -0.25) is 4.79 Å². The van der Waals surface area contributed by atoms with Gasteiger partial charge in [0.25, 0.3) is 5.78 Å². The zero-order chi connectivity index (χ0) is 12.3. The number of carboxylic acids is 1. The second-order valence-corrected chi connectivity index (χ2v) is 3.95. The van der Waals surface area contributed by atoms with Crippen LogP contribution in [0, 0.1) is 0 Å². The van der Waals surface area contributed by atoms with E-state index in [2.05, 4.69) is 0 Å². The third-order valence-electron chi connectivity index (χ3n) is 1.69. The summed E-state index contributed by atoms with van der Waals surface area (Å²) in [5, 5.41) is 9.08. The van der Waals surface area contributed by atoms with Crippen molar-refractivity contribution in [2.24, 2.45) is 0 Å². The molecule has 0 bridgehead atoms. The van der Waals surface area contributed by atoms with Gasteiger partial charge in [-0.05, 0) is 24.3 Å². The lowest BCUT2D eigenvalue weighted by Gasteiger charge is -2.02. The number of carbonyl (C=O) groups is 2. The van der Waals surface area contributed by atoms with E-state index < -0.39 is 11.8 Å². The molecule has 1 aromatic rings. The van der Waals surface area contributed by atoms with Crippen LogP contribution in [0.15, 0.2) is 18.2 Å². The number of aliphatic carboxylic acids is 1. The summed E-state index contributed by atoms with van der Waals surface area (Å²) in [5.41, 5.74) is 0.311. The molecule has 0 unspecified atom stereocenters. The first-order valence-electron chi connectivity index (χ1n) is 4.02. The van der Waals surface area contributed by atoms with Gasteiger partial charge in [0.05, 0.1) is 10.0 Å². The van der Waals surface area contributed by atoms with Crippen molar-refractivity contribution >= 4 is 52.6 Å². The maximum atomic E-state index is 10.8. The molecule has 16 heavy (non-hydrogen) atoms. The van der Waals surface area contributed by atoms with E-state index >= 15 is 0 Å². The van der Waals surface area contributed by atoms with E-state index in [1.165, 1.54) is 18.2 Å². The zero-order valence-corrected chi connectivity index (χ0v) is 9.97. The molecule has 0 atom stereocenters. The van der Waals surface area contributed by atoms with Crippen LogP contribution in [0.5, 0.6) is 0 Å². The molecule has 0 saturated carbocycles. The van der Waals surface area contributed by atoms with Gasteiger partial charge in [0.1, 0.15) is 0 Å². The molecule has 0 aromatic heterocycles. The Labute approximate surface area is 106 Å². The minimum absolute atomic E-state index is 0.170. The standard InChI is InChI=1S/C10H5Cl3O3/c11-6-2-3-7(12)9(13)5(6)1-4-8(14)10(15)16/h1-4H,(H,15,16)/b4-1+. The van der Waals surface area contributed by atoms with Crippen LogP contribution in [0.1, 0.15) is 5.56 Å². The molecule has 0 aliphatic carbocycles. The van der Waals surface area contributed by atoms with Crippen molar-refractivity contribution < 1.29 is 14.7 Å². The first kappa shape index (κ1) is 13.0. The first-order valence-corrected chi connectivity index (χ1v) is 5.15. The first-order chi connectivity index (χ1) is 7.43. The summed E-state index contributed by atoms with van der Waals surface area (Å²) in [6, 6.07) is 3.00. The number of benzene rings is 1. The Morgan fingerprint density at radius 3 is 2.25 bits per heavy atom. The van der Waals surface area contributed by atoms with Gasteiger partial charge in [0.2, 0.25) is 0 Å². The molecule has 0 aliphatic heterocycles. The average Bonchev–Trinajstić information content (AvgIpc) is 2.23. The molecule has 1 N–H and O–H groups in total. The van der Waals surface area contributed by atoms with Crippen molar-refractivity contribution in [3.63, 3.8) is 0 Å². The minimum Gasteiger partial charge on any atom is -0.475 e. The van der Waals surface area contributed by atoms with Crippen molar-refractivity contribution in [1.29, 1.82) is 0 Å². The Morgan fingerprint density at radius 2 is 1.69 bits per heavy atom. The Kier molecular flexibility index (Phi) is 4.35. The van der Waals surface area contributed by atoms with Crippen LogP contribution in [0.25, 0.3) is 6.08 Å². The molecule has 0 radical (unpaired) electrons. The Morgan fingerprint density at radius 1 is 1.12 bits per heavy atom. The van der Waals surface area contributed by atoms with Crippen LogP contribution >= 0.6 is 34.8 Å². The summed E-state index contributed by atoms with van der Waals surface area (Å²) in [6.45, 7) is 0. The number of ketones is 1. The molecule has 1 aromatic carbocycles. The van der Waals surface area contributed by atoms with Crippen LogP contribution in [-0.4, -0.2) is 16.9 Å². The van der Waals surface area contributed by atoms with Crippen molar-refractivity contribution in [2.45, 2.75) is 0 Å². The highest BCUT2D eigenvalue weighted by Gasteiger charge is 2.09. The fourth-order valence-electron chi connectivity index (χ4n) is 0.926. The molecule has 3 nitrogen and oxygen atoms in total. The summed E-state index contributed by atoms with van der Waals surface area (Å²) in [7, 11) is 0. The molecule has 0 amide bonds. The van der Waals surface area contributed by atoms with E-state index in [9.17, 15) is 9.59 Å². The van der Waals surface area contributed by atoms with E-state index in [0.29, 0.717) is 5.56 Å². The molecule has 1 rings (SSSR count). The number of hydrogen-bond acceptors (Lipinski definition) is 2. The molecular weight excluding hydrogens is 274 g/mol. The largest absolute Gasteiger partial charge is 0.475 e. The number of carbonyl (C=O) groups excluding carboxylic acids is 1. The maximum absolute atomic E-state index is 10.8. The van der Waals surface area contributed by atoms with Gasteiger partial charge in [-0.1, -0.05) is 34.8 Å². The van der Waals surface area contributed by atoms with Gasteiger partial charge in [-0.2, -0.15) is 0 Å². The lowest BCUT2D eigenvalue weighted by Crippen LogP contribution is -2.08. The highest BCUT2D eigenvalue weighted by molar-refractivity contribution is 6.45. The van der Waals surface area contributed by atoms with E-state index in [1.807, 2.05) is 0 Å². The molecule has 0 heterocycles. The quantitative estimate of drug-likeness (QED) is 0.524. The van der Waals surface area contributed by atoms with Crippen LogP contribution in [0.2, 0.25) is 15.1 Å². The van der Waals surface area contributed by atoms with Crippen molar-refractivity contribution in [3.05, 3.63) is 38.8 Å². The Bertz CT molecular complexity index is 480. The van der Waals surface area contributed by atoms with Crippen molar-refractivity contribution in [2.75, 3.05) is 0 Å². The third-order valence-corrected chi connectivity index (χ3v) is 2.84. The second-order valence-electron chi connectivity index (χ2n) is 2.76. The van der Waals surface area contributed by atoms with Crippen LogP contribution < -0.4 is 0 Å². The average molecular weight is 280 g/mol. The van der Waals surface area contributed by atoms with Crippen molar-refractivity contribution in [1.82, 2.24) is 0 Å². The topological polar surface area (TPSA) is 54.4 Å². The fraction of sp³-hybridized carbons (Fsp3) is 0. The van der Waals surface area contributed by atoms with E-state index in [1.54, 1.807) is 0 Å². The number of carboxylic acid groups (broad SMARTS) is 1. The predicted octanol–water partition coefficient (Wildman–Crippen LogP) is 3.31. The number of halogens is 3. The van der Waals surface area contributed by atoms with E-state index in [4.69, 9.17) is 39.9 Å². The molecule has 0 fully saturated rings. The van der Waals surface area contributed by atoms with Crippen LogP contribution in [0.3, 0.4) is 0 Å². The molecule has 0 spiro atoms. The monoisotopic (exact) mass is 278 g/mol. The number of rotatable bonds is 3. The summed E-state index contributed by atoms with van der Waals surface area (Å²) >= 11 is 17.4. The zero-order valence-electron chi connectivity index (χ0n) is 7.71. The summed E-state index contributed by atoms with van der Waals surface area (Å²) < 4.78 is 0. The summed E-state index contributed by atoms with van der Waals surface area (Å²) in [6.07, 6.45) is 2.08. The Hall–Kier alpha value is -1.03. The fourth-order valence-corrected chi connectivity index (χ4v) is 1.59. The molecule has 0 saturated heterocycles. The predicted molar refractivity (Wildman–Crippen MR) is 63.1 cm³/mol. The normalized spacial score (nSPS) is 10.7. The highest BCUT2D eigenvalue weighted by atomic mass is 35.5. The van der Waals surface area contributed by atoms with E-state index in [-0.39, 0.29) is 15.1 Å². The van der Waals surface area contributed by atoms with E-state index in [0.717, 1.165) is 6.08 Å². The van der Waals surface area contributed by atoms with Gasteiger partial charge in [-0.15, -0.1) is 0 Å². The molecule has 84 valence electrons. The summed E-state index contributed by atoms with van der Waals surface area (Å²) in [5.74, 6) is -2.61. The van der Waals surface area contributed by atoms with Gasteiger partial charge in [0, 0.05) is 10.6 Å². The molecular formula is C10H5Cl3O3. The second kappa shape index (κ2) is 5.34. The lowest BCUT2D eigenvalue weighted by molar-refractivity contribution is -0.146. The highest BCUT2D eigenvalue weighted by Crippen LogP contribution is 2.32. The van der Waals surface area contributed by atoms with Gasteiger partial charge < -0.3 is 5.11 Å². The van der Waals surface area contributed by atoms with Crippen LogP contribution in [0.4, 0.5) is 0 Å². The number of hydrogen-bond donors (Lipinski definition) is 1. The minimum atomic E-state index is -1.55. The van der Waals surface area contributed by atoms with Gasteiger partial charge in [-0.25, -0.2) is 4.79 Å². The third kappa shape index (κ3) is 2.98.